The second kappa shape index (κ2) is 8.39. The Kier molecular flexibility index (Phi) is 5.53. The van der Waals surface area contributed by atoms with Crippen molar-refractivity contribution < 1.29 is 14.1 Å². The summed E-state index contributed by atoms with van der Waals surface area (Å²) in [6.07, 6.45) is 4.70. The largest absolute Gasteiger partial charge is 0.464 e. The lowest BCUT2D eigenvalue weighted by Gasteiger charge is -2.33. The Hall–Kier alpha value is -2.93. The summed E-state index contributed by atoms with van der Waals surface area (Å²) in [6.45, 7) is 2.84. The summed E-state index contributed by atoms with van der Waals surface area (Å²) < 4.78 is 12.3. The summed E-state index contributed by atoms with van der Waals surface area (Å²) in [6, 6.07) is 13.9. The van der Waals surface area contributed by atoms with Crippen LogP contribution in [0.5, 0.6) is 0 Å². The number of esters is 1. The Morgan fingerprint density at radius 1 is 1.18 bits per heavy atom. The number of aromatic nitrogens is 3. The van der Waals surface area contributed by atoms with Gasteiger partial charge in [-0.05, 0) is 25.0 Å². The molecule has 1 saturated heterocycles. The number of rotatable bonds is 6. The smallest absolute Gasteiger partial charge is 0.354 e. The van der Waals surface area contributed by atoms with Crippen LogP contribution in [0.3, 0.4) is 0 Å². The molecule has 7 heteroatoms. The summed E-state index contributed by atoms with van der Waals surface area (Å²) in [5, 5.41) is 4.08. The first-order valence-electron chi connectivity index (χ1n) is 9.60. The van der Waals surface area contributed by atoms with Crippen molar-refractivity contribution in [2.24, 2.45) is 0 Å². The van der Waals surface area contributed by atoms with Crippen LogP contribution >= 0.6 is 0 Å². The van der Waals surface area contributed by atoms with E-state index in [1.165, 1.54) is 7.11 Å². The second-order valence-electron chi connectivity index (χ2n) is 6.99. The van der Waals surface area contributed by atoms with Crippen molar-refractivity contribution in [2.45, 2.75) is 25.3 Å². The molecule has 0 amide bonds. The number of hydrogen-bond donors (Lipinski definition) is 0. The van der Waals surface area contributed by atoms with E-state index in [-0.39, 0.29) is 5.97 Å². The highest BCUT2D eigenvalue weighted by molar-refractivity contribution is 5.87. The minimum atomic E-state index is -0.280. The van der Waals surface area contributed by atoms with E-state index in [0.717, 1.165) is 44.5 Å². The molecule has 0 radical (unpaired) electrons. The Bertz CT molecular complexity index is 911. The Labute approximate surface area is 163 Å². The van der Waals surface area contributed by atoms with Crippen LogP contribution in [-0.4, -0.2) is 52.3 Å². The van der Waals surface area contributed by atoms with Gasteiger partial charge >= 0.3 is 5.97 Å². The molecule has 3 heterocycles. The zero-order valence-electron chi connectivity index (χ0n) is 16.0. The summed E-state index contributed by atoms with van der Waals surface area (Å²) in [5.74, 6) is 1.02. The Morgan fingerprint density at radius 2 is 1.96 bits per heavy atom. The van der Waals surface area contributed by atoms with Gasteiger partial charge in [-0.15, -0.1) is 0 Å². The highest BCUT2D eigenvalue weighted by Crippen LogP contribution is 2.25. The van der Waals surface area contributed by atoms with Crippen LogP contribution in [0.4, 0.5) is 0 Å². The zero-order chi connectivity index (χ0) is 19.3. The van der Waals surface area contributed by atoms with E-state index in [0.29, 0.717) is 23.5 Å². The third-order valence-corrected chi connectivity index (χ3v) is 5.27. The van der Waals surface area contributed by atoms with Gasteiger partial charge in [-0.1, -0.05) is 35.5 Å². The van der Waals surface area contributed by atoms with Crippen LogP contribution < -0.4 is 0 Å². The highest BCUT2D eigenvalue weighted by atomic mass is 16.5. The predicted octanol–water partition coefficient (Wildman–Crippen LogP) is 3.20. The normalized spacial score (nSPS) is 15.6. The number of methoxy groups -OCH3 is 1. The van der Waals surface area contributed by atoms with E-state index in [1.54, 1.807) is 0 Å². The van der Waals surface area contributed by atoms with Gasteiger partial charge in [-0.25, -0.2) is 4.79 Å². The Balaban J connectivity index is 1.29. The topological polar surface area (TPSA) is 73.4 Å². The van der Waals surface area contributed by atoms with Gasteiger partial charge in [0.1, 0.15) is 5.69 Å². The minimum Gasteiger partial charge on any atom is -0.464 e. The molecule has 0 bridgehead atoms. The number of hydrogen-bond acceptors (Lipinski definition) is 6. The summed E-state index contributed by atoms with van der Waals surface area (Å²) in [7, 11) is 1.42. The van der Waals surface area contributed by atoms with Crippen LogP contribution in [0.2, 0.25) is 0 Å². The van der Waals surface area contributed by atoms with Crippen LogP contribution in [0, 0.1) is 0 Å². The quantitative estimate of drug-likeness (QED) is 0.612. The van der Waals surface area contributed by atoms with Gasteiger partial charge in [0.05, 0.1) is 7.11 Å². The molecule has 0 atom stereocenters. The molecule has 1 fully saturated rings. The monoisotopic (exact) mass is 380 g/mol. The molecular weight excluding hydrogens is 356 g/mol. The molecule has 146 valence electrons. The van der Waals surface area contributed by atoms with Crippen LogP contribution in [0.15, 0.2) is 53.2 Å². The number of likely N-dealkylation sites (tertiary alicyclic amines) is 1. The van der Waals surface area contributed by atoms with Gasteiger partial charge in [0.25, 0.3) is 0 Å². The third-order valence-electron chi connectivity index (χ3n) is 5.27. The molecule has 1 aliphatic rings. The number of piperidine rings is 1. The molecule has 28 heavy (non-hydrogen) atoms. The van der Waals surface area contributed by atoms with E-state index in [9.17, 15) is 4.79 Å². The fraction of sp³-hybridized carbons (Fsp3) is 0.381. The van der Waals surface area contributed by atoms with Crippen molar-refractivity contribution >= 4 is 5.97 Å². The van der Waals surface area contributed by atoms with Gasteiger partial charge in [0, 0.05) is 43.9 Å². The molecule has 7 nitrogen and oxygen atoms in total. The maximum absolute atomic E-state index is 11.9. The highest BCUT2D eigenvalue weighted by Gasteiger charge is 2.24. The van der Waals surface area contributed by atoms with E-state index >= 15 is 0 Å². The van der Waals surface area contributed by atoms with E-state index < -0.39 is 0 Å². The van der Waals surface area contributed by atoms with Gasteiger partial charge in [-0.3, -0.25) is 0 Å². The Morgan fingerprint density at radius 3 is 2.71 bits per heavy atom. The van der Waals surface area contributed by atoms with Crippen molar-refractivity contribution in [3.63, 3.8) is 0 Å². The lowest BCUT2D eigenvalue weighted by Crippen LogP contribution is -2.36. The third kappa shape index (κ3) is 3.99. The molecule has 0 unspecified atom stereocenters. The van der Waals surface area contributed by atoms with E-state index in [2.05, 4.69) is 15.0 Å². The lowest BCUT2D eigenvalue weighted by atomic mass is 10.0. The summed E-state index contributed by atoms with van der Waals surface area (Å²) in [4.78, 5) is 18.8. The van der Waals surface area contributed by atoms with Gasteiger partial charge < -0.3 is 18.7 Å². The van der Waals surface area contributed by atoms with Crippen LogP contribution in [0.25, 0.3) is 11.4 Å². The molecule has 1 aromatic carbocycles. The standard InChI is InChI=1S/C21H24N4O3/c1-27-21(26)18-8-5-12-25(18)17-9-13-24(14-10-17)15-11-19-22-20(23-28-19)16-6-3-2-4-7-16/h2-8,12,17H,9-11,13-15H2,1H3. The first-order valence-corrected chi connectivity index (χ1v) is 9.60. The van der Waals surface area contributed by atoms with Crippen molar-refractivity contribution in [1.29, 1.82) is 0 Å². The minimum absolute atomic E-state index is 0.280. The van der Waals surface area contributed by atoms with Crippen molar-refractivity contribution in [2.75, 3.05) is 26.7 Å². The number of nitrogens with zero attached hydrogens (tertiary/aromatic N) is 4. The molecule has 3 aromatic rings. The van der Waals surface area contributed by atoms with Gasteiger partial charge in [-0.2, -0.15) is 4.98 Å². The molecule has 0 N–H and O–H groups in total. The number of benzene rings is 1. The summed E-state index contributed by atoms with van der Waals surface area (Å²) >= 11 is 0. The average molecular weight is 380 g/mol. The number of carbonyl (C=O) groups excluding carboxylic acids is 1. The van der Waals surface area contributed by atoms with E-state index in [4.69, 9.17) is 9.26 Å². The molecule has 0 saturated carbocycles. The van der Waals surface area contributed by atoms with Crippen LogP contribution in [-0.2, 0) is 11.2 Å². The molecule has 0 spiro atoms. The molecule has 4 rings (SSSR count). The predicted molar refractivity (Wildman–Crippen MR) is 104 cm³/mol. The van der Waals surface area contributed by atoms with Gasteiger partial charge in [0.15, 0.2) is 0 Å². The average Bonchev–Trinajstić information content (AvgIpc) is 3.42. The van der Waals surface area contributed by atoms with Crippen LogP contribution in [0.1, 0.15) is 35.3 Å². The fourth-order valence-corrected chi connectivity index (χ4v) is 3.73. The zero-order valence-corrected chi connectivity index (χ0v) is 16.0. The van der Waals surface area contributed by atoms with E-state index in [1.807, 2.05) is 53.2 Å². The number of carbonyl (C=O) groups is 1. The molecule has 1 aliphatic heterocycles. The number of ether oxygens (including phenoxy) is 1. The maximum Gasteiger partial charge on any atom is 0.354 e. The first kappa shape index (κ1) is 18.4. The molecule has 0 aliphatic carbocycles. The lowest BCUT2D eigenvalue weighted by molar-refractivity contribution is 0.0582. The summed E-state index contributed by atoms with van der Waals surface area (Å²) in [5.41, 5.74) is 1.59. The molecule has 2 aromatic heterocycles. The first-order chi connectivity index (χ1) is 13.7. The van der Waals surface area contributed by atoms with Crippen molar-refractivity contribution in [1.82, 2.24) is 19.6 Å². The maximum atomic E-state index is 11.9. The van der Waals surface area contributed by atoms with Crippen molar-refractivity contribution in [3.05, 3.63) is 60.2 Å². The van der Waals surface area contributed by atoms with Gasteiger partial charge in [0.2, 0.25) is 11.7 Å². The SMILES string of the molecule is COC(=O)c1cccn1C1CCN(CCc2nc(-c3ccccc3)no2)CC1. The fourth-order valence-electron chi connectivity index (χ4n) is 3.73. The second-order valence-corrected chi connectivity index (χ2v) is 6.99. The molecular formula is C21H24N4O3. The van der Waals surface area contributed by atoms with Crippen molar-refractivity contribution in [3.8, 4) is 11.4 Å².